The summed E-state index contributed by atoms with van der Waals surface area (Å²) in [7, 11) is 0. The van der Waals surface area contributed by atoms with Gasteiger partial charge in [0, 0.05) is 6.04 Å². The molecule has 2 nitrogen and oxygen atoms in total. The van der Waals surface area contributed by atoms with Crippen molar-refractivity contribution >= 4 is 5.69 Å². The Morgan fingerprint density at radius 1 is 1.40 bits per heavy atom. The van der Waals surface area contributed by atoms with Gasteiger partial charge in [0.1, 0.15) is 5.82 Å². The van der Waals surface area contributed by atoms with E-state index < -0.39 is 0 Å². The molecule has 0 aliphatic heterocycles. The van der Waals surface area contributed by atoms with Gasteiger partial charge < -0.3 is 11.1 Å². The number of nitrogens with one attached hydrogen (secondary N) is 1. The zero-order valence-corrected chi connectivity index (χ0v) is 8.80. The minimum Gasteiger partial charge on any atom is -0.396 e. The third-order valence-electron chi connectivity index (χ3n) is 2.71. The van der Waals surface area contributed by atoms with E-state index in [4.69, 9.17) is 5.73 Å². The van der Waals surface area contributed by atoms with Crippen LogP contribution in [0.5, 0.6) is 0 Å². The highest BCUT2D eigenvalue weighted by atomic mass is 19.1. The van der Waals surface area contributed by atoms with E-state index in [0.717, 1.165) is 31.0 Å². The molecular weight excluding hydrogens is 191 g/mol. The summed E-state index contributed by atoms with van der Waals surface area (Å²) in [5.41, 5.74) is 6.86. The second-order valence-electron chi connectivity index (χ2n) is 4.19. The van der Waals surface area contributed by atoms with Gasteiger partial charge in [-0.05, 0) is 49.9 Å². The van der Waals surface area contributed by atoms with Crippen molar-refractivity contribution in [2.45, 2.75) is 31.7 Å². The van der Waals surface area contributed by atoms with Gasteiger partial charge >= 0.3 is 0 Å². The Morgan fingerprint density at radius 2 is 2.20 bits per heavy atom. The summed E-state index contributed by atoms with van der Waals surface area (Å²) in [4.78, 5) is 0. The fourth-order valence-corrected chi connectivity index (χ4v) is 1.63. The van der Waals surface area contributed by atoms with Gasteiger partial charge in [0.2, 0.25) is 0 Å². The predicted molar refractivity (Wildman–Crippen MR) is 60.2 cm³/mol. The molecule has 0 spiro atoms. The topological polar surface area (TPSA) is 38.0 Å². The number of hydrogen-bond donors (Lipinski definition) is 2. The maximum absolute atomic E-state index is 12.9. The molecule has 2 rings (SSSR count). The number of nitrogen functional groups attached to an aromatic ring is 1. The van der Waals surface area contributed by atoms with E-state index in [1.807, 2.05) is 6.07 Å². The summed E-state index contributed by atoms with van der Waals surface area (Å²) in [6, 6.07) is 5.75. The SMILES string of the molecule is Nc1cc(CCCNC2CC2)ccc1F. The first-order valence-corrected chi connectivity index (χ1v) is 5.53. The monoisotopic (exact) mass is 208 g/mol. The summed E-state index contributed by atoms with van der Waals surface area (Å²) < 4.78 is 12.9. The smallest absolute Gasteiger partial charge is 0.146 e. The molecule has 0 saturated heterocycles. The van der Waals surface area contributed by atoms with Crippen LogP contribution >= 0.6 is 0 Å². The third-order valence-corrected chi connectivity index (χ3v) is 2.71. The summed E-state index contributed by atoms with van der Waals surface area (Å²) in [5.74, 6) is -0.324. The Hall–Kier alpha value is -1.09. The number of hydrogen-bond acceptors (Lipinski definition) is 2. The Morgan fingerprint density at radius 3 is 2.87 bits per heavy atom. The average Bonchev–Trinajstić information content (AvgIpc) is 3.02. The van der Waals surface area contributed by atoms with Gasteiger partial charge in [-0.1, -0.05) is 6.07 Å². The summed E-state index contributed by atoms with van der Waals surface area (Å²) in [5, 5.41) is 3.45. The Balaban J connectivity index is 1.74. The van der Waals surface area contributed by atoms with Gasteiger partial charge in [-0.25, -0.2) is 4.39 Å². The molecule has 0 atom stereocenters. The largest absolute Gasteiger partial charge is 0.396 e. The Bertz CT molecular complexity index is 334. The maximum atomic E-state index is 12.9. The van der Waals surface area contributed by atoms with Crippen molar-refractivity contribution < 1.29 is 4.39 Å². The average molecular weight is 208 g/mol. The van der Waals surface area contributed by atoms with Gasteiger partial charge in [-0.3, -0.25) is 0 Å². The van der Waals surface area contributed by atoms with Gasteiger partial charge in [0.15, 0.2) is 0 Å². The number of benzene rings is 1. The lowest BCUT2D eigenvalue weighted by atomic mass is 10.1. The highest BCUT2D eigenvalue weighted by molar-refractivity contribution is 5.42. The van der Waals surface area contributed by atoms with E-state index in [0.29, 0.717) is 0 Å². The van der Waals surface area contributed by atoms with Gasteiger partial charge in [-0.2, -0.15) is 0 Å². The molecule has 0 unspecified atom stereocenters. The molecule has 1 saturated carbocycles. The minimum absolute atomic E-state index is 0.252. The van der Waals surface area contributed by atoms with E-state index in [9.17, 15) is 4.39 Å². The molecule has 1 fully saturated rings. The molecule has 15 heavy (non-hydrogen) atoms. The molecular formula is C12H17FN2. The Labute approximate surface area is 89.7 Å². The highest BCUT2D eigenvalue weighted by Crippen LogP contribution is 2.18. The molecule has 1 aliphatic rings. The zero-order chi connectivity index (χ0) is 10.7. The van der Waals surface area contributed by atoms with Crippen molar-refractivity contribution in [1.82, 2.24) is 5.32 Å². The van der Waals surface area contributed by atoms with Gasteiger partial charge in [-0.15, -0.1) is 0 Å². The van der Waals surface area contributed by atoms with Crippen molar-refractivity contribution in [2.75, 3.05) is 12.3 Å². The first kappa shape index (κ1) is 10.4. The second kappa shape index (κ2) is 4.62. The van der Waals surface area contributed by atoms with Crippen LogP contribution in [0, 0.1) is 5.82 Å². The van der Waals surface area contributed by atoms with E-state index in [1.165, 1.54) is 18.9 Å². The number of anilines is 1. The molecule has 1 aromatic rings. The van der Waals surface area contributed by atoms with Crippen molar-refractivity contribution in [1.29, 1.82) is 0 Å². The van der Waals surface area contributed by atoms with Crippen molar-refractivity contribution in [2.24, 2.45) is 0 Å². The van der Waals surface area contributed by atoms with Crippen LogP contribution in [0.4, 0.5) is 10.1 Å². The standard InChI is InChI=1S/C12H17FN2/c13-11-6-3-9(8-12(11)14)2-1-7-15-10-4-5-10/h3,6,8,10,15H,1-2,4-5,7,14H2. The predicted octanol–water partition coefficient (Wildman–Crippen LogP) is 2.09. The van der Waals surface area contributed by atoms with Gasteiger partial charge in [0.25, 0.3) is 0 Å². The lowest BCUT2D eigenvalue weighted by Gasteiger charge is -2.04. The fraction of sp³-hybridized carbons (Fsp3) is 0.500. The van der Waals surface area contributed by atoms with Crippen LogP contribution in [0.2, 0.25) is 0 Å². The molecule has 1 aliphatic carbocycles. The molecule has 0 aromatic heterocycles. The number of aryl methyl sites for hydroxylation is 1. The fourth-order valence-electron chi connectivity index (χ4n) is 1.63. The summed E-state index contributed by atoms with van der Waals surface area (Å²) in [6.07, 6.45) is 4.69. The molecule has 0 bridgehead atoms. The molecule has 0 amide bonds. The summed E-state index contributed by atoms with van der Waals surface area (Å²) >= 11 is 0. The third kappa shape index (κ3) is 3.20. The van der Waals surface area contributed by atoms with E-state index in [2.05, 4.69) is 5.32 Å². The summed E-state index contributed by atoms with van der Waals surface area (Å²) in [6.45, 7) is 1.04. The second-order valence-corrected chi connectivity index (χ2v) is 4.19. The van der Waals surface area contributed by atoms with E-state index in [1.54, 1.807) is 6.07 Å². The van der Waals surface area contributed by atoms with Crippen LogP contribution in [0.15, 0.2) is 18.2 Å². The molecule has 3 N–H and O–H groups in total. The van der Waals surface area contributed by atoms with Gasteiger partial charge in [0.05, 0.1) is 5.69 Å². The highest BCUT2D eigenvalue weighted by Gasteiger charge is 2.19. The van der Waals surface area contributed by atoms with Crippen molar-refractivity contribution in [3.05, 3.63) is 29.6 Å². The minimum atomic E-state index is -0.324. The maximum Gasteiger partial charge on any atom is 0.146 e. The molecule has 0 radical (unpaired) electrons. The van der Waals surface area contributed by atoms with Crippen molar-refractivity contribution in [3.63, 3.8) is 0 Å². The van der Waals surface area contributed by atoms with E-state index >= 15 is 0 Å². The van der Waals surface area contributed by atoms with Crippen LogP contribution in [0.1, 0.15) is 24.8 Å². The number of halogens is 1. The van der Waals surface area contributed by atoms with E-state index in [-0.39, 0.29) is 11.5 Å². The zero-order valence-electron chi connectivity index (χ0n) is 8.80. The lowest BCUT2D eigenvalue weighted by molar-refractivity contribution is 0.628. The van der Waals surface area contributed by atoms with Crippen LogP contribution in [-0.4, -0.2) is 12.6 Å². The van der Waals surface area contributed by atoms with Crippen LogP contribution in [0.25, 0.3) is 0 Å². The quantitative estimate of drug-likeness (QED) is 0.574. The molecule has 1 aromatic carbocycles. The molecule has 3 heteroatoms. The Kier molecular flexibility index (Phi) is 3.21. The first-order chi connectivity index (χ1) is 7.25. The van der Waals surface area contributed by atoms with Crippen LogP contribution in [0.3, 0.4) is 0 Å². The lowest BCUT2D eigenvalue weighted by Crippen LogP contribution is -2.17. The van der Waals surface area contributed by atoms with Crippen LogP contribution < -0.4 is 11.1 Å². The number of nitrogens with two attached hydrogens (primary N) is 1. The normalized spacial score (nSPS) is 15.5. The van der Waals surface area contributed by atoms with Crippen LogP contribution in [-0.2, 0) is 6.42 Å². The first-order valence-electron chi connectivity index (χ1n) is 5.53. The molecule has 82 valence electrons. The molecule has 0 heterocycles. The van der Waals surface area contributed by atoms with Crippen molar-refractivity contribution in [3.8, 4) is 0 Å². The number of rotatable bonds is 5.